The molecule has 1 fully saturated rings. The van der Waals surface area contributed by atoms with Gasteiger partial charge >= 0.3 is 12.0 Å². The van der Waals surface area contributed by atoms with Crippen molar-refractivity contribution in [3.05, 3.63) is 53.6 Å². The second-order valence-electron chi connectivity index (χ2n) is 9.13. The summed E-state index contributed by atoms with van der Waals surface area (Å²) in [5.74, 6) is 0.450. The minimum absolute atomic E-state index is 0.0421. The molecule has 1 saturated heterocycles. The number of esters is 1. The first-order valence-electron chi connectivity index (χ1n) is 12.3. The van der Waals surface area contributed by atoms with Crippen LogP contribution in [0, 0.1) is 5.41 Å². The number of urea groups is 1. The number of carbonyl (C=O) groups is 3. The van der Waals surface area contributed by atoms with Crippen LogP contribution in [0.5, 0.6) is 17.2 Å². The molecule has 2 aromatic carbocycles. The molecule has 0 unspecified atom stereocenters. The number of benzene rings is 2. The average molecular weight is 497 g/mol. The van der Waals surface area contributed by atoms with Gasteiger partial charge in [-0.3, -0.25) is 9.59 Å². The lowest BCUT2D eigenvalue weighted by molar-refractivity contribution is -0.211. The highest BCUT2D eigenvalue weighted by Gasteiger charge is 2.63. The first-order chi connectivity index (χ1) is 17.3. The Labute approximate surface area is 210 Å². The first-order valence-corrected chi connectivity index (χ1v) is 12.3. The molecule has 2 aliphatic heterocycles. The van der Waals surface area contributed by atoms with Crippen LogP contribution in [0.25, 0.3) is 0 Å². The largest absolute Gasteiger partial charge is 0.508 e. The first kappa shape index (κ1) is 25.3. The quantitative estimate of drug-likeness (QED) is 0.390. The van der Waals surface area contributed by atoms with Crippen LogP contribution in [0.2, 0.25) is 0 Å². The number of hydrogen-bond acceptors (Lipinski definition) is 7. The normalized spacial score (nSPS) is 18.4. The highest BCUT2D eigenvalue weighted by molar-refractivity contribution is 6.03. The van der Waals surface area contributed by atoms with Gasteiger partial charge in [0.25, 0.3) is 0 Å². The van der Waals surface area contributed by atoms with Crippen LogP contribution in [-0.4, -0.2) is 40.9 Å². The topological polar surface area (TPSA) is 114 Å². The standard InChI is InChI=1S/C27H32N2O7/c1-4-7-20(18-10-13-21-22(15-18)35-16-34-21)28-26(33)29-24(32)27(5-2,6-3)25(29)36-23(31)14-17-8-11-19(30)12-9-17/h8-13,15,20,25,30H,4-7,14,16H2,1-3H3,(H,28,33)/t20-,25+/m1/s1. The molecule has 2 atom stereocenters. The van der Waals surface area contributed by atoms with Crippen LogP contribution >= 0.6 is 0 Å². The monoisotopic (exact) mass is 496 g/mol. The van der Waals surface area contributed by atoms with E-state index in [-0.39, 0.29) is 30.9 Å². The van der Waals surface area contributed by atoms with E-state index >= 15 is 0 Å². The van der Waals surface area contributed by atoms with E-state index in [1.165, 1.54) is 12.1 Å². The smallest absolute Gasteiger partial charge is 0.327 e. The maximum absolute atomic E-state index is 13.4. The Balaban J connectivity index is 1.51. The summed E-state index contributed by atoms with van der Waals surface area (Å²) >= 11 is 0. The fraction of sp³-hybridized carbons (Fsp3) is 0.444. The number of aromatic hydroxyl groups is 1. The maximum atomic E-state index is 13.4. The Hall–Kier alpha value is -3.75. The molecule has 2 heterocycles. The van der Waals surface area contributed by atoms with Crippen LogP contribution in [0.1, 0.15) is 63.6 Å². The Bertz CT molecular complexity index is 1130. The number of hydrogen-bond donors (Lipinski definition) is 2. The number of amides is 3. The minimum Gasteiger partial charge on any atom is -0.508 e. The molecule has 2 aliphatic rings. The molecule has 9 nitrogen and oxygen atoms in total. The third-order valence-corrected chi connectivity index (χ3v) is 7.03. The van der Waals surface area contributed by atoms with Gasteiger partial charge in [-0.2, -0.15) is 0 Å². The van der Waals surface area contributed by atoms with Gasteiger partial charge < -0.3 is 24.6 Å². The zero-order valence-electron chi connectivity index (χ0n) is 20.8. The predicted octanol–water partition coefficient (Wildman–Crippen LogP) is 4.43. The van der Waals surface area contributed by atoms with Crippen LogP contribution in [0.4, 0.5) is 4.79 Å². The number of nitrogens with one attached hydrogen (secondary N) is 1. The Kier molecular flexibility index (Phi) is 7.37. The van der Waals surface area contributed by atoms with E-state index < -0.39 is 23.6 Å². The number of rotatable bonds is 9. The van der Waals surface area contributed by atoms with Crippen molar-refractivity contribution in [3.63, 3.8) is 0 Å². The van der Waals surface area contributed by atoms with Gasteiger partial charge in [-0.25, -0.2) is 9.69 Å². The van der Waals surface area contributed by atoms with E-state index in [1.807, 2.05) is 32.9 Å². The molecule has 2 aromatic rings. The van der Waals surface area contributed by atoms with Crippen molar-refractivity contribution in [3.8, 4) is 17.2 Å². The summed E-state index contributed by atoms with van der Waals surface area (Å²) in [5, 5.41) is 12.4. The highest BCUT2D eigenvalue weighted by atomic mass is 16.7. The summed E-state index contributed by atoms with van der Waals surface area (Å²) in [5.41, 5.74) is 0.547. The molecule has 2 N–H and O–H groups in total. The number of ether oxygens (including phenoxy) is 3. The van der Waals surface area contributed by atoms with Gasteiger partial charge in [-0.1, -0.05) is 45.4 Å². The van der Waals surface area contributed by atoms with Crippen molar-refractivity contribution in [1.29, 1.82) is 0 Å². The van der Waals surface area contributed by atoms with Gasteiger partial charge in [0.1, 0.15) is 11.2 Å². The van der Waals surface area contributed by atoms with Crippen molar-refractivity contribution in [2.24, 2.45) is 5.41 Å². The van der Waals surface area contributed by atoms with Crippen molar-refractivity contribution in [1.82, 2.24) is 10.2 Å². The summed E-state index contributed by atoms with van der Waals surface area (Å²) in [4.78, 5) is 40.4. The molecule has 0 spiro atoms. The Morgan fingerprint density at radius 3 is 2.47 bits per heavy atom. The molecule has 0 radical (unpaired) electrons. The van der Waals surface area contributed by atoms with Gasteiger partial charge in [0.2, 0.25) is 12.7 Å². The third-order valence-electron chi connectivity index (χ3n) is 7.03. The van der Waals surface area contributed by atoms with E-state index in [1.54, 1.807) is 18.2 Å². The van der Waals surface area contributed by atoms with Crippen molar-refractivity contribution >= 4 is 17.9 Å². The molecule has 192 valence electrons. The number of likely N-dealkylation sites (tertiary alicyclic amines) is 1. The lowest BCUT2D eigenvalue weighted by Crippen LogP contribution is -2.73. The number of carbonyl (C=O) groups excluding carboxylic acids is 3. The van der Waals surface area contributed by atoms with Gasteiger partial charge in [0.15, 0.2) is 17.7 Å². The molecule has 0 aromatic heterocycles. The number of phenols is 1. The van der Waals surface area contributed by atoms with Crippen LogP contribution in [0.15, 0.2) is 42.5 Å². The zero-order chi connectivity index (χ0) is 25.9. The zero-order valence-corrected chi connectivity index (χ0v) is 20.8. The van der Waals surface area contributed by atoms with E-state index in [2.05, 4.69) is 5.32 Å². The maximum Gasteiger partial charge on any atom is 0.327 e. The fourth-order valence-corrected chi connectivity index (χ4v) is 4.80. The highest BCUT2D eigenvalue weighted by Crippen LogP contribution is 2.46. The summed E-state index contributed by atoms with van der Waals surface area (Å²) in [6.07, 6.45) is 1.27. The lowest BCUT2D eigenvalue weighted by atomic mass is 9.72. The van der Waals surface area contributed by atoms with Crippen molar-refractivity contribution in [2.75, 3.05) is 6.79 Å². The van der Waals surface area contributed by atoms with E-state index in [9.17, 15) is 19.5 Å². The SMILES string of the molecule is CCC[C@@H](NC(=O)N1C(=O)C(CC)(CC)[C@@H]1OC(=O)Cc1ccc(O)cc1)c1ccc2c(c1)OCO2. The number of nitrogens with zero attached hydrogens (tertiary/aromatic N) is 1. The predicted molar refractivity (Wildman–Crippen MR) is 130 cm³/mol. The van der Waals surface area contributed by atoms with Crippen molar-refractivity contribution in [2.45, 2.75) is 65.1 Å². The molecule has 4 rings (SSSR count). The van der Waals surface area contributed by atoms with Crippen LogP contribution in [0.3, 0.4) is 0 Å². The van der Waals surface area contributed by atoms with Crippen LogP contribution < -0.4 is 14.8 Å². The second kappa shape index (κ2) is 10.5. The number of imide groups is 1. The summed E-state index contributed by atoms with van der Waals surface area (Å²) in [6.45, 7) is 5.86. The lowest BCUT2D eigenvalue weighted by Gasteiger charge is -2.52. The van der Waals surface area contributed by atoms with Crippen molar-refractivity contribution < 1.29 is 33.7 Å². The second-order valence-corrected chi connectivity index (χ2v) is 9.13. The molecular weight excluding hydrogens is 464 g/mol. The van der Waals surface area contributed by atoms with Gasteiger partial charge in [-0.15, -0.1) is 0 Å². The molecule has 0 saturated carbocycles. The number of β-lactam (4-membered cyclic amide) rings is 1. The van der Waals surface area contributed by atoms with E-state index in [4.69, 9.17) is 14.2 Å². The number of fused-ring (bicyclic) bond motifs is 1. The molecule has 3 amide bonds. The third kappa shape index (κ3) is 4.69. The number of phenolic OH excluding ortho intramolecular Hbond substituents is 1. The summed E-state index contributed by atoms with van der Waals surface area (Å²) in [6, 6.07) is 10.8. The fourth-order valence-electron chi connectivity index (χ4n) is 4.80. The minimum atomic E-state index is -0.997. The Morgan fingerprint density at radius 1 is 1.11 bits per heavy atom. The van der Waals surface area contributed by atoms with Gasteiger partial charge in [0.05, 0.1) is 12.5 Å². The molecule has 0 aliphatic carbocycles. The van der Waals surface area contributed by atoms with Gasteiger partial charge in [0, 0.05) is 0 Å². The molecule has 9 heteroatoms. The average Bonchev–Trinajstić information content (AvgIpc) is 3.34. The molecular formula is C27H32N2O7. The van der Waals surface area contributed by atoms with Crippen LogP contribution in [-0.2, 0) is 20.7 Å². The summed E-state index contributed by atoms with van der Waals surface area (Å²) < 4.78 is 16.6. The summed E-state index contributed by atoms with van der Waals surface area (Å²) in [7, 11) is 0. The molecule has 36 heavy (non-hydrogen) atoms. The molecule has 0 bridgehead atoms. The van der Waals surface area contributed by atoms with E-state index in [0.29, 0.717) is 36.3 Å². The Morgan fingerprint density at radius 2 is 1.81 bits per heavy atom. The van der Waals surface area contributed by atoms with E-state index in [0.717, 1.165) is 16.9 Å². The van der Waals surface area contributed by atoms with Gasteiger partial charge in [-0.05, 0) is 54.7 Å².